The highest BCUT2D eigenvalue weighted by atomic mass is 32.1. The van der Waals surface area contributed by atoms with Crippen molar-refractivity contribution in [3.8, 4) is 10.6 Å². The zero-order valence-electron chi connectivity index (χ0n) is 14.1. The lowest BCUT2D eigenvalue weighted by molar-refractivity contribution is 0.0684. The number of fused-ring (bicyclic) bond motifs is 1. The summed E-state index contributed by atoms with van der Waals surface area (Å²) >= 11 is 1.58. The molecule has 0 aliphatic heterocycles. The lowest BCUT2D eigenvalue weighted by Gasteiger charge is -2.23. The van der Waals surface area contributed by atoms with E-state index in [-0.39, 0.29) is 18.6 Å². The average molecular weight is 344 g/mol. The number of carbonyl (C=O) groups excluding carboxylic acids is 1. The molecule has 0 saturated carbocycles. The smallest absolute Gasteiger partial charge is 0.254 e. The van der Waals surface area contributed by atoms with Crippen LogP contribution in [0.15, 0.2) is 23.6 Å². The third-order valence-corrected chi connectivity index (χ3v) is 5.11. The molecule has 0 aliphatic rings. The van der Waals surface area contributed by atoms with Crippen molar-refractivity contribution in [1.82, 2.24) is 19.7 Å². The van der Waals surface area contributed by atoms with Crippen LogP contribution in [-0.2, 0) is 7.05 Å². The largest absolute Gasteiger partial charge is 0.394 e. The Morgan fingerprint density at radius 2 is 2.25 bits per heavy atom. The molecule has 0 saturated heterocycles. The standard InChI is InChI=1S/C17H20N4O2S/c1-10(9-22)20(3)17(23)12-8-13(14-6-5-7-24-14)18-16-15(12)11(2)19-21(16)4/h5-8,10,22H,9H2,1-4H3. The summed E-state index contributed by atoms with van der Waals surface area (Å²) in [6, 6.07) is 5.51. The minimum atomic E-state index is -0.261. The van der Waals surface area contributed by atoms with Crippen molar-refractivity contribution in [2.45, 2.75) is 19.9 Å². The first kappa shape index (κ1) is 16.6. The summed E-state index contributed by atoms with van der Waals surface area (Å²) in [5, 5.41) is 16.5. The first-order valence-corrected chi connectivity index (χ1v) is 8.58. The minimum Gasteiger partial charge on any atom is -0.394 e. The van der Waals surface area contributed by atoms with Gasteiger partial charge in [-0.3, -0.25) is 9.48 Å². The Bertz CT molecular complexity index is 886. The van der Waals surface area contributed by atoms with E-state index in [2.05, 4.69) is 5.10 Å². The van der Waals surface area contributed by atoms with Gasteiger partial charge in [0, 0.05) is 14.1 Å². The molecule has 0 aliphatic carbocycles. The van der Waals surface area contributed by atoms with Crippen LogP contribution in [-0.4, -0.2) is 50.4 Å². The van der Waals surface area contributed by atoms with Gasteiger partial charge in [0.15, 0.2) is 5.65 Å². The van der Waals surface area contributed by atoms with Crippen LogP contribution in [0.5, 0.6) is 0 Å². The maximum atomic E-state index is 13.0. The number of rotatable bonds is 4. The van der Waals surface area contributed by atoms with E-state index in [4.69, 9.17) is 4.98 Å². The molecule has 3 heterocycles. The molecule has 0 bridgehead atoms. The molecule has 1 atom stereocenters. The minimum absolute atomic E-state index is 0.0831. The number of aliphatic hydroxyl groups is 1. The van der Waals surface area contributed by atoms with E-state index in [0.29, 0.717) is 11.2 Å². The van der Waals surface area contributed by atoms with Crippen molar-refractivity contribution < 1.29 is 9.90 Å². The lowest BCUT2D eigenvalue weighted by Crippen LogP contribution is -2.37. The zero-order valence-corrected chi connectivity index (χ0v) is 15.0. The summed E-state index contributed by atoms with van der Waals surface area (Å²) < 4.78 is 1.70. The topological polar surface area (TPSA) is 71.2 Å². The van der Waals surface area contributed by atoms with Crippen molar-refractivity contribution in [3.63, 3.8) is 0 Å². The van der Waals surface area contributed by atoms with E-state index < -0.39 is 0 Å². The number of thiophene rings is 1. The molecule has 6 nitrogen and oxygen atoms in total. The SMILES string of the molecule is Cc1nn(C)c2nc(-c3cccs3)cc(C(=O)N(C)C(C)CO)c12. The van der Waals surface area contributed by atoms with Gasteiger partial charge in [-0.15, -0.1) is 11.3 Å². The number of amides is 1. The molecule has 7 heteroatoms. The number of hydrogen-bond donors (Lipinski definition) is 1. The maximum Gasteiger partial charge on any atom is 0.254 e. The quantitative estimate of drug-likeness (QED) is 0.789. The van der Waals surface area contributed by atoms with Gasteiger partial charge in [-0.25, -0.2) is 4.98 Å². The Balaban J connectivity index is 2.23. The monoisotopic (exact) mass is 344 g/mol. The molecule has 0 spiro atoms. The number of pyridine rings is 1. The lowest BCUT2D eigenvalue weighted by atomic mass is 10.1. The van der Waals surface area contributed by atoms with E-state index in [9.17, 15) is 9.90 Å². The molecule has 24 heavy (non-hydrogen) atoms. The van der Waals surface area contributed by atoms with Crippen LogP contribution in [0.25, 0.3) is 21.6 Å². The van der Waals surface area contributed by atoms with Crippen molar-refractivity contribution in [1.29, 1.82) is 0 Å². The van der Waals surface area contributed by atoms with Gasteiger partial charge in [0.25, 0.3) is 5.91 Å². The van der Waals surface area contributed by atoms with Crippen LogP contribution >= 0.6 is 11.3 Å². The summed E-state index contributed by atoms with van der Waals surface area (Å²) in [5.41, 5.74) is 2.78. The summed E-state index contributed by atoms with van der Waals surface area (Å²) in [6.45, 7) is 3.61. The average Bonchev–Trinajstić information content (AvgIpc) is 3.21. The zero-order chi connectivity index (χ0) is 17.4. The number of likely N-dealkylation sites (N-methyl/N-ethyl adjacent to an activating group) is 1. The molecule has 126 valence electrons. The molecule has 3 aromatic heterocycles. The van der Waals surface area contributed by atoms with Crippen LogP contribution in [0.1, 0.15) is 23.0 Å². The molecule has 0 radical (unpaired) electrons. The van der Waals surface area contributed by atoms with Gasteiger partial charge in [-0.2, -0.15) is 5.10 Å². The first-order chi connectivity index (χ1) is 11.4. The highest BCUT2D eigenvalue weighted by molar-refractivity contribution is 7.13. The van der Waals surface area contributed by atoms with Crippen LogP contribution in [0.3, 0.4) is 0 Å². The highest BCUT2D eigenvalue weighted by Crippen LogP contribution is 2.30. The Hall–Kier alpha value is -2.25. The number of hydrogen-bond acceptors (Lipinski definition) is 5. The number of nitrogens with zero attached hydrogens (tertiary/aromatic N) is 4. The van der Waals surface area contributed by atoms with Crippen LogP contribution in [0.2, 0.25) is 0 Å². The third kappa shape index (κ3) is 2.70. The summed E-state index contributed by atoms with van der Waals surface area (Å²) in [5.74, 6) is -0.141. The van der Waals surface area contributed by atoms with Gasteiger partial charge < -0.3 is 10.0 Å². The Kier molecular flexibility index (Phi) is 4.38. The third-order valence-electron chi connectivity index (χ3n) is 4.22. The molecular formula is C17H20N4O2S. The fraction of sp³-hybridized carbons (Fsp3) is 0.353. The molecular weight excluding hydrogens is 324 g/mol. The van der Waals surface area contributed by atoms with Crippen molar-refractivity contribution in [2.24, 2.45) is 7.05 Å². The van der Waals surface area contributed by atoms with Gasteiger partial charge >= 0.3 is 0 Å². The van der Waals surface area contributed by atoms with E-state index >= 15 is 0 Å². The van der Waals surface area contributed by atoms with E-state index in [1.807, 2.05) is 44.5 Å². The second-order valence-corrected chi connectivity index (χ2v) is 6.84. The second kappa shape index (κ2) is 6.33. The summed E-state index contributed by atoms with van der Waals surface area (Å²) in [7, 11) is 3.53. The number of carbonyl (C=O) groups is 1. The Morgan fingerprint density at radius 3 is 2.88 bits per heavy atom. The second-order valence-electron chi connectivity index (χ2n) is 5.89. The van der Waals surface area contributed by atoms with Crippen molar-refractivity contribution in [2.75, 3.05) is 13.7 Å². The molecule has 0 fully saturated rings. The fourth-order valence-corrected chi connectivity index (χ4v) is 3.36. The van der Waals surface area contributed by atoms with Gasteiger partial charge in [0.2, 0.25) is 0 Å². The van der Waals surface area contributed by atoms with Crippen molar-refractivity contribution >= 4 is 28.3 Å². The number of aromatic nitrogens is 3. The van der Waals surface area contributed by atoms with E-state index in [0.717, 1.165) is 21.7 Å². The predicted octanol–water partition coefficient (Wildman–Crippen LogP) is 2.46. The van der Waals surface area contributed by atoms with Crippen LogP contribution in [0, 0.1) is 6.92 Å². The van der Waals surface area contributed by atoms with E-state index in [1.165, 1.54) is 0 Å². The number of aryl methyl sites for hydroxylation is 2. The predicted molar refractivity (Wildman–Crippen MR) is 95.2 cm³/mol. The Labute approximate surface area is 144 Å². The van der Waals surface area contributed by atoms with Gasteiger partial charge in [0.05, 0.1) is 39.9 Å². The van der Waals surface area contributed by atoms with Gasteiger partial charge in [-0.05, 0) is 31.4 Å². The molecule has 3 aromatic rings. The Morgan fingerprint density at radius 1 is 1.50 bits per heavy atom. The molecule has 1 amide bonds. The molecule has 0 aromatic carbocycles. The van der Waals surface area contributed by atoms with E-state index in [1.54, 1.807) is 28.0 Å². The number of aliphatic hydroxyl groups excluding tert-OH is 1. The first-order valence-electron chi connectivity index (χ1n) is 7.70. The molecule has 1 N–H and O–H groups in total. The van der Waals surface area contributed by atoms with Gasteiger partial charge in [0.1, 0.15) is 0 Å². The fourth-order valence-electron chi connectivity index (χ4n) is 2.68. The maximum absolute atomic E-state index is 13.0. The highest BCUT2D eigenvalue weighted by Gasteiger charge is 2.23. The molecule has 1 unspecified atom stereocenters. The molecule has 3 rings (SSSR count). The summed E-state index contributed by atoms with van der Waals surface area (Å²) in [4.78, 5) is 20.2. The van der Waals surface area contributed by atoms with Crippen molar-refractivity contribution in [3.05, 3.63) is 34.8 Å². The van der Waals surface area contributed by atoms with Gasteiger partial charge in [-0.1, -0.05) is 6.07 Å². The van der Waals surface area contributed by atoms with Crippen LogP contribution in [0.4, 0.5) is 0 Å². The summed E-state index contributed by atoms with van der Waals surface area (Å²) in [6.07, 6.45) is 0. The van der Waals surface area contributed by atoms with Crippen LogP contribution < -0.4 is 0 Å². The normalized spacial score (nSPS) is 12.5.